The number of fused-ring (bicyclic) bond motifs is 1. The van der Waals surface area contributed by atoms with E-state index in [-0.39, 0.29) is 17.7 Å². The Balaban J connectivity index is 1.61. The van der Waals surface area contributed by atoms with E-state index < -0.39 is 12.1 Å². The van der Waals surface area contributed by atoms with Crippen LogP contribution >= 0.6 is 0 Å². The van der Waals surface area contributed by atoms with Crippen LogP contribution in [0.1, 0.15) is 37.0 Å². The van der Waals surface area contributed by atoms with E-state index >= 15 is 0 Å². The second kappa shape index (κ2) is 7.90. The maximum atomic E-state index is 13.6. The standard InChI is InChI=1S/C24H29N3O2/c1-15(2)11-21-23(28)26-22(19-12-16-7-3-4-8-17(16)13-19)24(29)27(21)14-18-9-5-6-10-20(18)25/h3-10,15,19,21-22H,11-14,25H2,1-2H3,(H,26,28)/t21?,22-/m1/s1. The van der Waals surface area contributed by atoms with Crippen LogP contribution in [-0.2, 0) is 29.0 Å². The van der Waals surface area contributed by atoms with Gasteiger partial charge >= 0.3 is 0 Å². The van der Waals surface area contributed by atoms with E-state index in [9.17, 15) is 9.59 Å². The Morgan fingerprint density at radius 1 is 1.03 bits per heavy atom. The van der Waals surface area contributed by atoms with Gasteiger partial charge in [-0.3, -0.25) is 9.59 Å². The Hall–Kier alpha value is -2.82. The van der Waals surface area contributed by atoms with Crippen LogP contribution in [0.5, 0.6) is 0 Å². The predicted molar refractivity (Wildman–Crippen MR) is 114 cm³/mol. The highest BCUT2D eigenvalue weighted by molar-refractivity contribution is 5.97. The Kier molecular flexibility index (Phi) is 5.31. The van der Waals surface area contributed by atoms with Crippen LogP contribution < -0.4 is 11.1 Å². The SMILES string of the molecule is CC(C)CC1C(=O)N[C@H](C2Cc3ccccc3C2)C(=O)N1Cc1ccccc1N. The maximum absolute atomic E-state index is 13.6. The zero-order chi connectivity index (χ0) is 20.5. The normalized spacial score (nSPS) is 22.1. The molecular formula is C24H29N3O2. The zero-order valence-corrected chi connectivity index (χ0v) is 17.1. The number of amides is 2. The first-order valence-corrected chi connectivity index (χ1v) is 10.4. The fraction of sp³-hybridized carbons (Fsp3) is 0.417. The third-order valence-electron chi connectivity index (χ3n) is 6.17. The molecule has 0 spiro atoms. The summed E-state index contributed by atoms with van der Waals surface area (Å²) >= 11 is 0. The van der Waals surface area contributed by atoms with Gasteiger partial charge in [-0.1, -0.05) is 56.3 Å². The molecule has 2 aromatic carbocycles. The number of benzene rings is 2. The minimum atomic E-state index is -0.483. The number of nitrogens with one attached hydrogen (secondary N) is 1. The molecule has 1 aliphatic heterocycles. The predicted octanol–water partition coefficient (Wildman–Crippen LogP) is 2.93. The molecule has 0 radical (unpaired) electrons. The van der Waals surface area contributed by atoms with Gasteiger partial charge in [-0.2, -0.15) is 0 Å². The number of rotatable bonds is 5. The van der Waals surface area contributed by atoms with E-state index in [1.54, 1.807) is 4.90 Å². The highest BCUT2D eigenvalue weighted by Crippen LogP contribution is 2.32. The van der Waals surface area contributed by atoms with Crippen molar-refractivity contribution in [3.63, 3.8) is 0 Å². The van der Waals surface area contributed by atoms with Gasteiger partial charge in [0.15, 0.2) is 0 Å². The lowest BCUT2D eigenvalue weighted by atomic mass is 9.89. The number of nitrogen functional groups attached to an aromatic ring is 1. The van der Waals surface area contributed by atoms with E-state index in [0.717, 1.165) is 18.4 Å². The van der Waals surface area contributed by atoms with E-state index in [1.807, 2.05) is 36.4 Å². The Bertz CT molecular complexity index is 899. The molecule has 29 heavy (non-hydrogen) atoms. The quantitative estimate of drug-likeness (QED) is 0.770. The van der Waals surface area contributed by atoms with E-state index in [1.165, 1.54) is 11.1 Å². The zero-order valence-electron chi connectivity index (χ0n) is 17.1. The smallest absolute Gasteiger partial charge is 0.246 e. The van der Waals surface area contributed by atoms with Crippen molar-refractivity contribution in [1.29, 1.82) is 0 Å². The summed E-state index contributed by atoms with van der Waals surface area (Å²) in [5.74, 6) is 0.367. The molecular weight excluding hydrogens is 362 g/mol. The largest absolute Gasteiger partial charge is 0.398 e. The van der Waals surface area contributed by atoms with Crippen molar-refractivity contribution in [2.75, 3.05) is 5.73 Å². The molecule has 5 heteroatoms. The monoisotopic (exact) mass is 391 g/mol. The Morgan fingerprint density at radius 3 is 2.28 bits per heavy atom. The number of nitrogens with zero attached hydrogens (tertiary/aromatic N) is 1. The summed E-state index contributed by atoms with van der Waals surface area (Å²) in [5.41, 5.74) is 10.2. The van der Waals surface area contributed by atoms with Crippen molar-refractivity contribution in [1.82, 2.24) is 10.2 Å². The number of para-hydroxylation sites is 1. The Morgan fingerprint density at radius 2 is 1.66 bits per heavy atom. The van der Waals surface area contributed by atoms with Gasteiger partial charge in [0.1, 0.15) is 12.1 Å². The number of piperazine rings is 1. The van der Waals surface area contributed by atoms with E-state index in [4.69, 9.17) is 5.73 Å². The number of hydrogen-bond donors (Lipinski definition) is 2. The summed E-state index contributed by atoms with van der Waals surface area (Å²) in [5, 5.41) is 3.07. The summed E-state index contributed by atoms with van der Waals surface area (Å²) < 4.78 is 0. The third-order valence-corrected chi connectivity index (χ3v) is 6.17. The molecule has 2 atom stereocenters. The minimum Gasteiger partial charge on any atom is -0.398 e. The molecule has 4 rings (SSSR count). The summed E-state index contributed by atoms with van der Waals surface area (Å²) in [6.45, 7) is 4.52. The number of carbonyl (C=O) groups is 2. The lowest BCUT2D eigenvalue weighted by molar-refractivity contribution is -0.152. The fourth-order valence-corrected chi connectivity index (χ4v) is 4.66. The molecule has 1 unspecified atom stereocenters. The molecule has 1 saturated heterocycles. The Labute approximate surface area is 172 Å². The van der Waals surface area contributed by atoms with Crippen molar-refractivity contribution >= 4 is 17.5 Å². The topological polar surface area (TPSA) is 75.4 Å². The molecule has 3 N–H and O–H groups in total. The third kappa shape index (κ3) is 3.86. The van der Waals surface area contributed by atoms with Gasteiger partial charge in [-0.25, -0.2) is 0 Å². The molecule has 2 aliphatic rings. The summed E-state index contributed by atoms with van der Waals surface area (Å²) in [4.78, 5) is 28.4. The van der Waals surface area contributed by atoms with Crippen LogP contribution in [0.4, 0.5) is 5.69 Å². The molecule has 1 heterocycles. The van der Waals surface area contributed by atoms with Crippen LogP contribution in [0.2, 0.25) is 0 Å². The van der Waals surface area contributed by atoms with Crippen LogP contribution in [0.25, 0.3) is 0 Å². The first-order valence-electron chi connectivity index (χ1n) is 10.4. The highest BCUT2D eigenvalue weighted by Gasteiger charge is 2.45. The second-order valence-corrected chi connectivity index (χ2v) is 8.73. The first kappa shape index (κ1) is 19.5. The molecule has 0 bridgehead atoms. The van der Waals surface area contributed by atoms with Crippen molar-refractivity contribution < 1.29 is 9.59 Å². The van der Waals surface area contributed by atoms with Gasteiger partial charge < -0.3 is 16.0 Å². The van der Waals surface area contributed by atoms with Crippen molar-refractivity contribution in [3.8, 4) is 0 Å². The molecule has 152 valence electrons. The fourth-order valence-electron chi connectivity index (χ4n) is 4.66. The summed E-state index contributed by atoms with van der Waals surface area (Å²) in [7, 11) is 0. The van der Waals surface area contributed by atoms with Crippen molar-refractivity contribution in [2.24, 2.45) is 11.8 Å². The van der Waals surface area contributed by atoms with Gasteiger partial charge in [0.25, 0.3) is 0 Å². The second-order valence-electron chi connectivity index (χ2n) is 8.73. The molecule has 1 fully saturated rings. The number of hydrogen-bond acceptors (Lipinski definition) is 3. The van der Waals surface area contributed by atoms with Crippen LogP contribution in [0.3, 0.4) is 0 Å². The average molecular weight is 392 g/mol. The number of carbonyl (C=O) groups excluding carboxylic acids is 2. The van der Waals surface area contributed by atoms with E-state index in [2.05, 4.69) is 31.3 Å². The van der Waals surface area contributed by atoms with Crippen LogP contribution in [-0.4, -0.2) is 28.8 Å². The number of anilines is 1. The van der Waals surface area contributed by atoms with E-state index in [0.29, 0.717) is 24.6 Å². The molecule has 2 aromatic rings. The summed E-state index contributed by atoms with van der Waals surface area (Å²) in [6.07, 6.45) is 2.29. The molecule has 0 saturated carbocycles. The maximum Gasteiger partial charge on any atom is 0.246 e. The lowest BCUT2D eigenvalue weighted by Crippen LogP contribution is -2.65. The minimum absolute atomic E-state index is 0.0105. The van der Waals surface area contributed by atoms with Crippen molar-refractivity contribution in [3.05, 3.63) is 65.2 Å². The molecule has 1 aliphatic carbocycles. The van der Waals surface area contributed by atoms with Gasteiger partial charge in [0.05, 0.1) is 0 Å². The average Bonchev–Trinajstić information content (AvgIpc) is 3.12. The van der Waals surface area contributed by atoms with Crippen LogP contribution in [0, 0.1) is 11.8 Å². The molecule has 0 aromatic heterocycles. The van der Waals surface area contributed by atoms with Gasteiger partial charge in [-0.15, -0.1) is 0 Å². The molecule has 2 amide bonds. The van der Waals surface area contributed by atoms with Gasteiger partial charge in [0, 0.05) is 12.2 Å². The van der Waals surface area contributed by atoms with Gasteiger partial charge in [-0.05, 0) is 53.9 Å². The van der Waals surface area contributed by atoms with Gasteiger partial charge in [0.2, 0.25) is 11.8 Å². The van der Waals surface area contributed by atoms with Crippen molar-refractivity contribution in [2.45, 2.75) is 51.7 Å². The highest BCUT2D eigenvalue weighted by atomic mass is 16.2. The number of nitrogens with two attached hydrogens (primary N) is 1. The first-order chi connectivity index (χ1) is 13.9. The summed E-state index contributed by atoms with van der Waals surface area (Å²) in [6, 6.07) is 14.9. The van der Waals surface area contributed by atoms with Crippen LogP contribution in [0.15, 0.2) is 48.5 Å². The lowest BCUT2D eigenvalue weighted by Gasteiger charge is -2.41. The molecule has 5 nitrogen and oxygen atoms in total.